The van der Waals surface area contributed by atoms with Crippen LogP contribution >= 0.6 is 11.6 Å². The van der Waals surface area contributed by atoms with Crippen LogP contribution in [0, 0.1) is 13.8 Å². The number of rotatable bonds is 6. The Labute approximate surface area is 168 Å². The highest BCUT2D eigenvalue weighted by atomic mass is 35.5. The number of pyridine rings is 1. The summed E-state index contributed by atoms with van der Waals surface area (Å²) < 4.78 is 6.72. The molecule has 0 aliphatic carbocycles. The Hall–Kier alpha value is -2.86. The standard InChI is InChI=1S/C21H22ClN3O3/c1-4-17(20-13(2)24-28-14(20)3)21(27)23-16-9-10-19(26)25(12-16)11-15-7-5-6-8-18(15)22/h5-10,12,17H,4,11H2,1-3H3,(H,23,27). The highest BCUT2D eigenvalue weighted by molar-refractivity contribution is 6.31. The van der Waals surface area contributed by atoms with E-state index in [0.717, 1.165) is 11.1 Å². The van der Waals surface area contributed by atoms with Gasteiger partial charge in [0, 0.05) is 22.8 Å². The minimum atomic E-state index is -0.379. The maximum atomic E-state index is 12.9. The fourth-order valence-corrected chi connectivity index (χ4v) is 3.47. The SMILES string of the molecule is CCC(C(=O)Nc1ccc(=O)n(Cc2ccccc2Cl)c1)c1c(C)noc1C. The van der Waals surface area contributed by atoms with Crippen LogP contribution in [0.2, 0.25) is 5.02 Å². The van der Waals surface area contributed by atoms with Crippen LogP contribution in [0.25, 0.3) is 0 Å². The molecule has 0 saturated heterocycles. The molecule has 146 valence electrons. The van der Waals surface area contributed by atoms with Gasteiger partial charge in [0.1, 0.15) is 5.76 Å². The van der Waals surface area contributed by atoms with Gasteiger partial charge in [-0.1, -0.05) is 41.9 Å². The second-order valence-corrected chi connectivity index (χ2v) is 7.07. The molecule has 0 aliphatic rings. The van der Waals surface area contributed by atoms with Gasteiger partial charge < -0.3 is 14.4 Å². The monoisotopic (exact) mass is 399 g/mol. The van der Waals surface area contributed by atoms with Crippen molar-refractivity contribution >= 4 is 23.2 Å². The molecule has 3 aromatic rings. The molecule has 1 aromatic carbocycles. The lowest BCUT2D eigenvalue weighted by Gasteiger charge is -2.16. The summed E-state index contributed by atoms with van der Waals surface area (Å²) >= 11 is 6.20. The van der Waals surface area contributed by atoms with Crippen LogP contribution in [-0.4, -0.2) is 15.6 Å². The average Bonchev–Trinajstić information content (AvgIpc) is 2.99. The van der Waals surface area contributed by atoms with Gasteiger partial charge in [-0.15, -0.1) is 0 Å². The van der Waals surface area contributed by atoms with Crippen LogP contribution in [-0.2, 0) is 11.3 Å². The fourth-order valence-electron chi connectivity index (χ4n) is 3.28. The van der Waals surface area contributed by atoms with Gasteiger partial charge in [-0.2, -0.15) is 0 Å². The minimum absolute atomic E-state index is 0.167. The number of nitrogens with zero attached hydrogens (tertiary/aromatic N) is 2. The predicted molar refractivity (Wildman–Crippen MR) is 109 cm³/mol. The molecule has 6 nitrogen and oxygen atoms in total. The Kier molecular flexibility index (Phi) is 5.99. The zero-order valence-corrected chi connectivity index (χ0v) is 16.8. The quantitative estimate of drug-likeness (QED) is 0.670. The van der Waals surface area contributed by atoms with Crippen LogP contribution in [0.4, 0.5) is 5.69 Å². The zero-order chi connectivity index (χ0) is 20.3. The number of nitrogens with one attached hydrogen (secondary N) is 1. The van der Waals surface area contributed by atoms with E-state index in [-0.39, 0.29) is 17.4 Å². The number of aryl methyl sites for hydroxylation is 2. The summed E-state index contributed by atoms with van der Waals surface area (Å²) in [5.74, 6) is 0.0956. The van der Waals surface area contributed by atoms with E-state index in [1.54, 1.807) is 25.3 Å². The Morgan fingerprint density at radius 3 is 2.64 bits per heavy atom. The third kappa shape index (κ3) is 4.17. The summed E-state index contributed by atoms with van der Waals surface area (Å²) in [4.78, 5) is 25.1. The number of benzene rings is 1. The van der Waals surface area contributed by atoms with Crippen molar-refractivity contribution in [3.8, 4) is 0 Å². The third-order valence-corrected chi connectivity index (χ3v) is 5.08. The van der Waals surface area contributed by atoms with E-state index in [1.165, 1.54) is 10.6 Å². The molecular formula is C21H22ClN3O3. The van der Waals surface area contributed by atoms with Crippen molar-refractivity contribution in [2.75, 3.05) is 5.32 Å². The second-order valence-electron chi connectivity index (χ2n) is 6.66. The summed E-state index contributed by atoms with van der Waals surface area (Å²) in [6.07, 6.45) is 2.23. The smallest absolute Gasteiger partial charge is 0.250 e. The topological polar surface area (TPSA) is 77.1 Å². The van der Waals surface area contributed by atoms with E-state index in [0.29, 0.717) is 35.1 Å². The van der Waals surface area contributed by atoms with Gasteiger partial charge in [-0.05, 0) is 38.0 Å². The Morgan fingerprint density at radius 1 is 1.25 bits per heavy atom. The maximum absolute atomic E-state index is 12.9. The van der Waals surface area contributed by atoms with Crippen LogP contribution in [0.3, 0.4) is 0 Å². The number of hydrogen-bond donors (Lipinski definition) is 1. The van der Waals surface area contributed by atoms with Gasteiger partial charge in [0.05, 0.1) is 23.8 Å². The second kappa shape index (κ2) is 8.44. The molecule has 1 N–H and O–H groups in total. The molecular weight excluding hydrogens is 378 g/mol. The number of carbonyl (C=O) groups excluding carboxylic acids is 1. The maximum Gasteiger partial charge on any atom is 0.250 e. The molecule has 1 atom stereocenters. The highest BCUT2D eigenvalue weighted by Gasteiger charge is 2.25. The first-order chi connectivity index (χ1) is 13.4. The molecule has 0 aliphatic heterocycles. The van der Waals surface area contributed by atoms with E-state index >= 15 is 0 Å². The first-order valence-corrected chi connectivity index (χ1v) is 9.46. The van der Waals surface area contributed by atoms with Crippen molar-refractivity contribution in [2.24, 2.45) is 0 Å². The number of aromatic nitrogens is 2. The Morgan fingerprint density at radius 2 is 2.00 bits per heavy atom. The highest BCUT2D eigenvalue weighted by Crippen LogP contribution is 2.27. The summed E-state index contributed by atoms with van der Waals surface area (Å²) in [5.41, 5.74) is 2.72. The number of anilines is 1. The van der Waals surface area contributed by atoms with Gasteiger partial charge in [-0.3, -0.25) is 9.59 Å². The molecule has 2 heterocycles. The molecule has 2 aromatic heterocycles. The number of hydrogen-bond acceptors (Lipinski definition) is 4. The largest absolute Gasteiger partial charge is 0.361 e. The van der Waals surface area contributed by atoms with Gasteiger partial charge in [-0.25, -0.2) is 0 Å². The zero-order valence-electron chi connectivity index (χ0n) is 16.0. The molecule has 0 saturated carbocycles. The normalized spacial score (nSPS) is 12.0. The average molecular weight is 400 g/mol. The number of amides is 1. The van der Waals surface area contributed by atoms with Crippen LogP contribution < -0.4 is 10.9 Å². The molecule has 0 radical (unpaired) electrons. The van der Waals surface area contributed by atoms with Crippen molar-refractivity contribution in [2.45, 2.75) is 39.7 Å². The fraction of sp³-hybridized carbons (Fsp3) is 0.286. The van der Waals surface area contributed by atoms with Crippen molar-refractivity contribution in [1.29, 1.82) is 0 Å². The van der Waals surface area contributed by atoms with Crippen molar-refractivity contribution in [3.05, 3.63) is 80.6 Å². The lowest BCUT2D eigenvalue weighted by atomic mass is 9.94. The number of halogens is 1. The van der Waals surface area contributed by atoms with Gasteiger partial charge in [0.2, 0.25) is 5.91 Å². The predicted octanol–water partition coefficient (Wildman–Crippen LogP) is 4.29. The van der Waals surface area contributed by atoms with E-state index in [4.69, 9.17) is 16.1 Å². The van der Waals surface area contributed by atoms with E-state index in [1.807, 2.05) is 32.0 Å². The van der Waals surface area contributed by atoms with Crippen LogP contribution in [0.5, 0.6) is 0 Å². The van der Waals surface area contributed by atoms with Crippen LogP contribution in [0.15, 0.2) is 51.9 Å². The summed E-state index contributed by atoms with van der Waals surface area (Å²) in [6.45, 7) is 5.89. The molecule has 28 heavy (non-hydrogen) atoms. The lowest BCUT2D eigenvalue weighted by Crippen LogP contribution is -2.24. The van der Waals surface area contributed by atoms with Crippen molar-refractivity contribution < 1.29 is 9.32 Å². The van der Waals surface area contributed by atoms with Gasteiger partial charge in [0.15, 0.2) is 0 Å². The molecule has 0 spiro atoms. The molecule has 1 unspecified atom stereocenters. The summed E-state index contributed by atoms with van der Waals surface area (Å²) in [5, 5.41) is 7.44. The van der Waals surface area contributed by atoms with Crippen molar-refractivity contribution in [1.82, 2.24) is 9.72 Å². The van der Waals surface area contributed by atoms with Crippen LogP contribution in [0.1, 0.15) is 41.8 Å². The van der Waals surface area contributed by atoms with E-state index in [9.17, 15) is 9.59 Å². The molecule has 1 amide bonds. The summed E-state index contributed by atoms with van der Waals surface area (Å²) in [6, 6.07) is 10.4. The van der Waals surface area contributed by atoms with Crippen molar-refractivity contribution in [3.63, 3.8) is 0 Å². The Balaban J connectivity index is 1.83. The number of carbonyl (C=O) groups is 1. The van der Waals surface area contributed by atoms with Gasteiger partial charge in [0.25, 0.3) is 5.56 Å². The Bertz CT molecular complexity index is 1040. The first-order valence-electron chi connectivity index (χ1n) is 9.08. The molecule has 7 heteroatoms. The first kappa shape index (κ1) is 19.9. The molecule has 0 fully saturated rings. The minimum Gasteiger partial charge on any atom is -0.361 e. The third-order valence-electron chi connectivity index (χ3n) is 4.71. The van der Waals surface area contributed by atoms with Gasteiger partial charge >= 0.3 is 0 Å². The molecule has 0 bridgehead atoms. The molecule has 3 rings (SSSR count). The lowest BCUT2D eigenvalue weighted by molar-refractivity contribution is -0.117. The van der Waals surface area contributed by atoms with E-state index < -0.39 is 0 Å². The van der Waals surface area contributed by atoms with E-state index in [2.05, 4.69) is 10.5 Å². The summed E-state index contributed by atoms with van der Waals surface area (Å²) in [7, 11) is 0.